The molecular formula is C19H19N3O10. The molecule has 170 valence electrons. The number of hydrogen-bond acceptors (Lipinski definition) is 10. The summed E-state index contributed by atoms with van der Waals surface area (Å²) >= 11 is 0. The Morgan fingerprint density at radius 3 is 2.22 bits per heavy atom. The molecule has 2 aromatic carbocycles. The summed E-state index contributed by atoms with van der Waals surface area (Å²) in [6.07, 6.45) is 0. The van der Waals surface area contributed by atoms with Gasteiger partial charge in [-0.05, 0) is 19.1 Å². The molecule has 0 aliphatic heterocycles. The van der Waals surface area contributed by atoms with E-state index in [1.54, 1.807) is 6.92 Å². The summed E-state index contributed by atoms with van der Waals surface area (Å²) in [5, 5.41) is 24.8. The molecule has 0 fully saturated rings. The van der Waals surface area contributed by atoms with E-state index >= 15 is 0 Å². The Morgan fingerprint density at radius 1 is 0.969 bits per heavy atom. The van der Waals surface area contributed by atoms with E-state index in [9.17, 15) is 29.8 Å². The average molecular weight is 449 g/mol. The highest BCUT2D eigenvalue weighted by molar-refractivity contribution is 5.99. The third-order valence-corrected chi connectivity index (χ3v) is 4.01. The van der Waals surface area contributed by atoms with Crippen LogP contribution >= 0.6 is 0 Å². The van der Waals surface area contributed by atoms with Gasteiger partial charge in [-0.2, -0.15) is 0 Å². The number of nitrogens with one attached hydrogen (secondary N) is 1. The van der Waals surface area contributed by atoms with Gasteiger partial charge in [-0.25, -0.2) is 4.79 Å². The number of nitro benzene ring substituents is 2. The van der Waals surface area contributed by atoms with Crippen LogP contribution < -0.4 is 19.5 Å². The van der Waals surface area contributed by atoms with E-state index in [0.717, 1.165) is 18.2 Å². The molecule has 13 nitrogen and oxygen atoms in total. The first kappa shape index (κ1) is 23.9. The molecule has 0 bridgehead atoms. The Hall–Kier alpha value is -4.42. The van der Waals surface area contributed by atoms with Gasteiger partial charge < -0.3 is 24.3 Å². The Morgan fingerprint density at radius 2 is 1.66 bits per heavy atom. The lowest BCUT2D eigenvalue weighted by molar-refractivity contribution is -0.385. The zero-order valence-electron chi connectivity index (χ0n) is 17.3. The average Bonchev–Trinajstić information content (AvgIpc) is 2.77. The molecule has 0 aliphatic rings. The summed E-state index contributed by atoms with van der Waals surface area (Å²) < 4.78 is 20.1. The quantitative estimate of drug-likeness (QED) is 0.323. The van der Waals surface area contributed by atoms with Crippen LogP contribution in [0.3, 0.4) is 0 Å². The molecule has 0 aromatic heterocycles. The van der Waals surface area contributed by atoms with Crippen molar-refractivity contribution in [1.82, 2.24) is 0 Å². The van der Waals surface area contributed by atoms with Gasteiger partial charge in [-0.3, -0.25) is 25.0 Å². The minimum absolute atomic E-state index is 0.0581. The Balaban J connectivity index is 2.18. The van der Waals surface area contributed by atoms with E-state index < -0.39 is 45.3 Å². The van der Waals surface area contributed by atoms with Gasteiger partial charge in [-0.1, -0.05) is 0 Å². The number of rotatable bonds is 10. The zero-order valence-corrected chi connectivity index (χ0v) is 17.3. The summed E-state index contributed by atoms with van der Waals surface area (Å²) in [7, 11) is 2.61. The molecule has 0 aliphatic carbocycles. The summed E-state index contributed by atoms with van der Waals surface area (Å²) in [4.78, 5) is 45.6. The standard InChI is InChI=1S/C19H19N3O10/c1-4-31-17-9-14(21(25)26)12(8-16(17)30-3)19(24)32-10-18(23)20-13-6-5-11(29-2)7-15(13)22(27)28/h5-9H,4,10H2,1-3H3,(H,20,23). The number of hydrogen-bond donors (Lipinski definition) is 1. The third kappa shape index (κ3) is 5.59. The fourth-order valence-corrected chi connectivity index (χ4v) is 2.58. The molecule has 0 unspecified atom stereocenters. The maximum absolute atomic E-state index is 12.4. The molecule has 0 atom stereocenters. The highest BCUT2D eigenvalue weighted by atomic mass is 16.6. The number of methoxy groups -OCH3 is 2. The maximum Gasteiger partial charge on any atom is 0.345 e. The molecule has 0 saturated carbocycles. The summed E-state index contributed by atoms with van der Waals surface area (Å²) in [5.74, 6) is -1.74. The van der Waals surface area contributed by atoms with E-state index in [1.807, 2.05) is 0 Å². The van der Waals surface area contributed by atoms with Crippen LogP contribution in [0.2, 0.25) is 0 Å². The van der Waals surface area contributed by atoms with Gasteiger partial charge in [0.1, 0.15) is 17.0 Å². The predicted molar refractivity (Wildman–Crippen MR) is 109 cm³/mol. The molecule has 0 spiro atoms. The number of esters is 1. The smallest absolute Gasteiger partial charge is 0.345 e. The molecular weight excluding hydrogens is 430 g/mol. The van der Waals surface area contributed by atoms with E-state index in [2.05, 4.69) is 5.32 Å². The van der Waals surface area contributed by atoms with Gasteiger partial charge in [0.2, 0.25) is 0 Å². The van der Waals surface area contributed by atoms with Crippen molar-refractivity contribution in [2.45, 2.75) is 6.92 Å². The third-order valence-electron chi connectivity index (χ3n) is 4.01. The van der Waals surface area contributed by atoms with Gasteiger partial charge in [0.05, 0.1) is 42.8 Å². The van der Waals surface area contributed by atoms with Crippen molar-refractivity contribution in [2.75, 3.05) is 32.8 Å². The normalized spacial score (nSPS) is 10.1. The van der Waals surface area contributed by atoms with Crippen molar-refractivity contribution in [2.24, 2.45) is 0 Å². The second kappa shape index (κ2) is 10.6. The number of carbonyl (C=O) groups excluding carboxylic acids is 2. The van der Waals surface area contributed by atoms with Crippen LogP contribution in [0.15, 0.2) is 30.3 Å². The topological polar surface area (TPSA) is 169 Å². The second-order valence-electron chi connectivity index (χ2n) is 5.97. The van der Waals surface area contributed by atoms with Crippen molar-refractivity contribution in [1.29, 1.82) is 0 Å². The number of benzene rings is 2. The molecule has 0 radical (unpaired) electrons. The minimum atomic E-state index is -1.17. The Bertz CT molecular complexity index is 1050. The lowest BCUT2D eigenvalue weighted by Crippen LogP contribution is -2.22. The number of ether oxygens (including phenoxy) is 4. The van der Waals surface area contributed by atoms with Crippen LogP contribution in [0, 0.1) is 20.2 Å². The number of anilines is 1. The lowest BCUT2D eigenvalue weighted by atomic mass is 10.1. The number of amides is 1. The van der Waals surface area contributed by atoms with Gasteiger partial charge in [-0.15, -0.1) is 0 Å². The second-order valence-corrected chi connectivity index (χ2v) is 5.97. The highest BCUT2D eigenvalue weighted by Crippen LogP contribution is 2.35. The lowest BCUT2D eigenvalue weighted by Gasteiger charge is -2.12. The molecule has 1 amide bonds. The van der Waals surface area contributed by atoms with Gasteiger partial charge >= 0.3 is 5.97 Å². The number of nitro groups is 2. The van der Waals surface area contributed by atoms with Crippen molar-refractivity contribution in [3.63, 3.8) is 0 Å². The fraction of sp³-hybridized carbons (Fsp3) is 0.263. The summed E-state index contributed by atoms with van der Waals surface area (Å²) in [6, 6.07) is 5.83. The number of nitrogens with zero attached hydrogens (tertiary/aromatic N) is 2. The van der Waals surface area contributed by atoms with Crippen LogP contribution in [0.4, 0.5) is 17.1 Å². The molecule has 13 heteroatoms. The Kier molecular flexibility index (Phi) is 7.87. The maximum atomic E-state index is 12.4. The monoisotopic (exact) mass is 449 g/mol. The molecule has 0 heterocycles. The van der Waals surface area contributed by atoms with Crippen LogP contribution in [-0.2, 0) is 9.53 Å². The van der Waals surface area contributed by atoms with Crippen molar-refractivity contribution >= 4 is 28.9 Å². The van der Waals surface area contributed by atoms with E-state index in [4.69, 9.17) is 18.9 Å². The van der Waals surface area contributed by atoms with E-state index in [1.165, 1.54) is 26.4 Å². The SMILES string of the molecule is CCOc1cc([N+](=O)[O-])c(C(=O)OCC(=O)Nc2ccc(OC)cc2[N+](=O)[O-])cc1OC. The molecule has 1 N–H and O–H groups in total. The first-order valence-electron chi connectivity index (χ1n) is 9.00. The zero-order chi connectivity index (χ0) is 23.8. The predicted octanol–water partition coefficient (Wildman–Crippen LogP) is 2.71. The largest absolute Gasteiger partial charge is 0.496 e. The first-order chi connectivity index (χ1) is 15.2. The molecule has 2 aromatic rings. The van der Waals surface area contributed by atoms with Crippen LogP contribution in [0.1, 0.15) is 17.3 Å². The molecule has 32 heavy (non-hydrogen) atoms. The van der Waals surface area contributed by atoms with Crippen molar-refractivity contribution < 1.29 is 38.4 Å². The highest BCUT2D eigenvalue weighted by Gasteiger charge is 2.26. The minimum Gasteiger partial charge on any atom is -0.496 e. The Labute approximate surface area is 181 Å². The van der Waals surface area contributed by atoms with Crippen LogP contribution in [0.5, 0.6) is 17.2 Å². The molecule has 0 saturated heterocycles. The fourth-order valence-electron chi connectivity index (χ4n) is 2.58. The van der Waals surface area contributed by atoms with Crippen molar-refractivity contribution in [3.05, 3.63) is 56.1 Å². The van der Waals surface area contributed by atoms with E-state index in [-0.39, 0.29) is 29.5 Å². The van der Waals surface area contributed by atoms with Crippen LogP contribution in [0.25, 0.3) is 0 Å². The van der Waals surface area contributed by atoms with E-state index in [0.29, 0.717) is 0 Å². The van der Waals surface area contributed by atoms with Crippen molar-refractivity contribution in [3.8, 4) is 17.2 Å². The summed E-state index contributed by atoms with van der Waals surface area (Å²) in [6.45, 7) is 1.02. The van der Waals surface area contributed by atoms with Crippen LogP contribution in [-0.4, -0.2) is 49.2 Å². The van der Waals surface area contributed by atoms with Gasteiger partial charge in [0.15, 0.2) is 18.1 Å². The molecule has 2 rings (SSSR count). The van der Waals surface area contributed by atoms with Gasteiger partial charge in [0.25, 0.3) is 17.3 Å². The van der Waals surface area contributed by atoms with Gasteiger partial charge in [0, 0.05) is 6.07 Å². The number of carbonyl (C=O) groups is 2. The first-order valence-corrected chi connectivity index (χ1v) is 9.00. The summed E-state index contributed by atoms with van der Waals surface area (Å²) in [5.41, 5.74) is -1.65.